The number of nitrogens with two attached hydrogens (primary N) is 1. The molecule has 0 fully saturated rings. The van der Waals surface area contributed by atoms with Crippen LogP contribution in [0.1, 0.15) is 18.5 Å². The maximum absolute atomic E-state index is 11.1. The Bertz CT molecular complexity index is 327. The largest absolute Gasteiger partial charge is 0.383 e. The van der Waals surface area contributed by atoms with E-state index in [0.29, 0.717) is 0 Å². The van der Waals surface area contributed by atoms with Crippen LogP contribution >= 0.6 is 0 Å². The summed E-state index contributed by atoms with van der Waals surface area (Å²) in [5.74, 6) is -0.398. The van der Waals surface area contributed by atoms with E-state index in [-0.39, 0.29) is 12.6 Å². The molecule has 88 valence electrons. The Morgan fingerprint density at radius 1 is 1.44 bits per heavy atom. The van der Waals surface area contributed by atoms with Gasteiger partial charge in [-0.3, -0.25) is 10.1 Å². The average Bonchev–Trinajstić information content (AvgIpc) is 2.29. The third kappa shape index (κ3) is 3.64. The molecular formula is C12H18N2O2. The fourth-order valence-electron chi connectivity index (χ4n) is 1.52. The number of primary amides is 1. The summed E-state index contributed by atoms with van der Waals surface area (Å²) in [5, 5.41) is 3.13. The van der Waals surface area contributed by atoms with E-state index in [2.05, 4.69) is 5.32 Å². The average molecular weight is 222 g/mol. The molecule has 4 heteroatoms. The Morgan fingerprint density at radius 2 is 2.06 bits per heavy atom. The lowest BCUT2D eigenvalue weighted by Crippen LogP contribution is -2.45. The maximum atomic E-state index is 11.1. The number of rotatable bonds is 6. The molecule has 1 aromatic rings. The molecule has 2 atom stereocenters. The number of carbonyl (C=O) groups is 1. The quantitative estimate of drug-likeness (QED) is 0.749. The van der Waals surface area contributed by atoms with Crippen molar-refractivity contribution in [1.29, 1.82) is 0 Å². The van der Waals surface area contributed by atoms with E-state index in [1.165, 1.54) is 0 Å². The van der Waals surface area contributed by atoms with E-state index in [1.807, 2.05) is 37.3 Å². The number of ether oxygens (including phenoxy) is 1. The van der Waals surface area contributed by atoms with Gasteiger partial charge in [0.15, 0.2) is 0 Å². The topological polar surface area (TPSA) is 64.3 Å². The molecule has 0 aromatic heterocycles. The van der Waals surface area contributed by atoms with Gasteiger partial charge in [0.25, 0.3) is 0 Å². The normalized spacial score (nSPS) is 14.4. The number of nitrogens with one attached hydrogen (secondary N) is 1. The van der Waals surface area contributed by atoms with Crippen LogP contribution in [-0.4, -0.2) is 25.7 Å². The van der Waals surface area contributed by atoms with Gasteiger partial charge in [0.1, 0.15) is 6.04 Å². The summed E-state index contributed by atoms with van der Waals surface area (Å²) < 4.78 is 4.94. The van der Waals surface area contributed by atoms with Gasteiger partial charge in [0.2, 0.25) is 5.91 Å². The molecule has 2 unspecified atom stereocenters. The molecule has 16 heavy (non-hydrogen) atoms. The molecule has 4 nitrogen and oxygen atoms in total. The number of hydrogen-bond acceptors (Lipinski definition) is 3. The second kappa shape index (κ2) is 6.25. The molecule has 0 bridgehead atoms. The van der Waals surface area contributed by atoms with Crippen LogP contribution < -0.4 is 11.1 Å². The molecule has 0 saturated carbocycles. The highest BCUT2D eigenvalue weighted by atomic mass is 16.5. The van der Waals surface area contributed by atoms with Crippen LogP contribution in [0, 0.1) is 0 Å². The minimum Gasteiger partial charge on any atom is -0.383 e. The molecule has 0 spiro atoms. The fourth-order valence-corrected chi connectivity index (χ4v) is 1.52. The molecule has 0 aliphatic rings. The van der Waals surface area contributed by atoms with Gasteiger partial charge < -0.3 is 10.5 Å². The Morgan fingerprint density at radius 3 is 2.56 bits per heavy atom. The Hall–Kier alpha value is -1.39. The van der Waals surface area contributed by atoms with Crippen molar-refractivity contribution >= 4 is 5.91 Å². The van der Waals surface area contributed by atoms with Crippen molar-refractivity contribution in [3.05, 3.63) is 35.9 Å². The Kier molecular flexibility index (Phi) is 4.95. The highest BCUT2D eigenvalue weighted by molar-refractivity contribution is 5.80. The van der Waals surface area contributed by atoms with Crippen molar-refractivity contribution in [2.24, 2.45) is 5.73 Å². The maximum Gasteiger partial charge on any atom is 0.236 e. The van der Waals surface area contributed by atoms with Crippen molar-refractivity contribution in [3.63, 3.8) is 0 Å². The summed E-state index contributed by atoms with van der Waals surface area (Å²) in [5.41, 5.74) is 6.38. The zero-order chi connectivity index (χ0) is 12.0. The van der Waals surface area contributed by atoms with E-state index in [9.17, 15) is 4.79 Å². The molecule has 1 rings (SSSR count). The van der Waals surface area contributed by atoms with Gasteiger partial charge in [0.05, 0.1) is 6.61 Å². The number of amides is 1. The minimum absolute atomic E-state index is 0.0637. The molecule has 3 N–H and O–H groups in total. The fraction of sp³-hybridized carbons (Fsp3) is 0.417. The Balaban J connectivity index is 2.61. The van der Waals surface area contributed by atoms with E-state index < -0.39 is 11.9 Å². The highest BCUT2D eigenvalue weighted by Gasteiger charge is 2.17. The smallest absolute Gasteiger partial charge is 0.236 e. The first kappa shape index (κ1) is 12.7. The summed E-state index contributed by atoms with van der Waals surface area (Å²) >= 11 is 0. The number of methoxy groups -OCH3 is 1. The zero-order valence-electron chi connectivity index (χ0n) is 9.64. The summed E-state index contributed by atoms with van der Waals surface area (Å²) in [6, 6.07) is 9.49. The monoisotopic (exact) mass is 222 g/mol. The van der Waals surface area contributed by atoms with E-state index >= 15 is 0 Å². The van der Waals surface area contributed by atoms with Crippen molar-refractivity contribution in [3.8, 4) is 0 Å². The number of hydrogen-bond donors (Lipinski definition) is 2. The van der Waals surface area contributed by atoms with Crippen molar-refractivity contribution in [1.82, 2.24) is 5.32 Å². The molecule has 0 heterocycles. The van der Waals surface area contributed by atoms with Crippen LogP contribution in [0.15, 0.2) is 30.3 Å². The molecule has 1 aromatic carbocycles. The molecule has 1 amide bonds. The van der Waals surface area contributed by atoms with Gasteiger partial charge in [-0.1, -0.05) is 30.3 Å². The van der Waals surface area contributed by atoms with E-state index in [0.717, 1.165) is 5.56 Å². The molecule has 0 aliphatic heterocycles. The van der Waals surface area contributed by atoms with Crippen LogP contribution in [0.2, 0.25) is 0 Å². The van der Waals surface area contributed by atoms with Crippen LogP contribution in [0.3, 0.4) is 0 Å². The van der Waals surface area contributed by atoms with Gasteiger partial charge in [0, 0.05) is 13.2 Å². The SMILES string of the molecule is COCC(NC(C)c1ccccc1)C(N)=O. The lowest BCUT2D eigenvalue weighted by Gasteiger charge is -2.20. The van der Waals surface area contributed by atoms with E-state index in [1.54, 1.807) is 7.11 Å². The van der Waals surface area contributed by atoms with Crippen LogP contribution in [0.4, 0.5) is 0 Å². The van der Waals surface area contributed by atoms with Gasteiger partial charge in [-0.25, -0.2) is 0 Å². The van der Waals surface area contributed by atoms with Crippen LogP contribution in [0.5, 0.6) is 0 Å². The van der Waals surface area contributed by atoms with Crippen LogP contribution in [0.25, 0.3) is 0 Å². The molecular weight excluding hydrogens is 204 g/mol. The predicted molar refractivity (Wildman–Crippen MR) is 62.9 cm³/mol. The number of carbonyl (C=O) groups excluding carboxylic acids is 1. The van der Waals surface area contributed by atoms with E-state index in [4.69, 9.17) is 10.5 Å². The first-order valence-corrected chi connectivity index (χ1v) is 5.24. The van der Waals surface area contributed by atoms with Gasteiger partial charge in [-0.2, -0.15) is 0 Å². The molecule has 0 aliphatic carbocycles. The van der Waals surface area contributed by atoms with Crippen molar-refractivity contribution in [2.75, 3.05) is 13.7 Å². The minimum atomic E-state index is -0.458. The van der Waals surface area contributed by atoms with Gasteiger partial charge in [-0.05, 0) is 12.5 Å². The summed E-state index contributed by atoms with van der Waals surface area (Å²) in [7, 11) is 1.55. The van der Waals surface area contributed by atoms with Gasteiger partial charge in [-0.15, -0.1) is 0 Å². The second-order valence-corrected chi connectivity index (χ2v) is 3.71. The van der Waals surface area contributed by atoms with Crippen molar-refractivity contribution in [2.45, 2.75) is 19.0 Å². The lowest BCUT2D eigenvalue weighted by molar-refractivity contribution is -0.121. The Labute approximate surface area is 95.8 Å². The summed E-state index contributed by atoms with van der Waals surface area (Å²) in [6.07, 6.45) is 0. The lowest BCUT2D eigenvalue weighted by atomic mass is 10.1. The molecule has 0 saturated heterocycles. The van der Waals surface area contributed by atoms with Crippen LogP contribution in [-0.2, 0) is 9.53 Å². The first-order chi connectivity index (χ1) is 7.65. The first-order valence-electron chi connectivity index (χ1n) is 5.24. The molecule has 0 radical (unpaired) electrons. The third-order valence-corrected chi connectivity index (χ3v) is 2.43. The predicted octanol–water partition coefficient (Wildman–Crippen LogP) is 0.837. The highest BCUT2D eigenvalue weighted by Crippen LogP contribution is 2.11. The number of benzene rings is 1. The van der Waals surface area contributed by atoms with Crippen molar-refractivity contribution < 1.29 is 9.53 Å². The summed E-state index contributed by atoms with van der Waals surface area (Å²) in [6.45, 7) is 2.27. The standard InChI is InChI=1S/C12H18N2O2/c1-9(10-6-4-3-5-7-10)14-11(8-16-2)12(13)15/h3-7,9,11,14H,8H2,1-2H3,(H2,13,15). The van der Waals surface area contributed by atoms with Gasteiger partial charge >= 0.3 is 0 Å². The third-order valence-electron chi connectivity index (χ3n) is 2.43. The summed E-state index contributed by atoms with van der Waals surface area (Å²) in [4.78, 5) is 11.1. The second-order valence-electron chi connectivity index (χ2n) is 3.71. The zero-order valence-corrected chi connectivity index (χ0v) is 9.64.